The molecule has 0 spiro atoms. The number of carbonyl (C=O) groups is 2. The van der Waals surface area contributed by atoms with Gasteiger partial charge in [0.2, 0.25) is 5.91 Å². The highest BCUT2D eigenvalue weighted by atomic mass is 32.2. The van der Waals surface area contributed by atoms with E-state index in [1.54, 1.807) is 0 Å². The van der Waals surface area contributed by atoms with E-state index in [0.717, 1.165) is 0 Å². The van der Waals surface area contributed by atoms with E-state index in [9.17, 15) is 18.0 Å². The summed E-state index contributed by atoms with van der Waals surface area (Å²) >= 11 is 0. The van der Waals surface area contributed by atoms with E-state index in [1.165, 1.54) is 11.8 Å². The number of carbonyl (C=O) groups excluding carboxylic acids is 1. The van der Waals surface area contributed by atoms with Crippen molar-refractivity contribution in [1.82, 2.24) is 4.90 Å². The second-order valence-corrected chi connectivity index (χ2v) is 6.52. The van der Waals surface area contributed by atoms with Gasteiger partial charge in [-0.2, -0.15) is 0 Å². The van der Waals surface area contributed by atoms with Crippen molar-refractivity contribution in [2.45, 2.75) is 19.4 Å². The molecule has 2 unspecified atom stereocenters. The zero-order chi connectivity index (χ0) is 13.9. The molecule has 7 heteroatoms. The lowest BCUT2D eigenvalue weighted by Gasteiger charge is -2.27. The molecule has 0 saturated carbocycles. The molecule has 2 atom stereocenters. The predicted molar refractivity (Wildman–Crippen MR) is 64.4 cm³/mol. The van der Waals surface area contributed by atoms with Crippen molar-refractivity contribution in [2.24, 2.45) is 5.92 Å². The Morgan fingerprint density at radius 1 is 1.56 bits per heavy atom. The first kappa shape index (κ1) is 14.5. The summed E-state index contributed by atoms with van der Waals surface area (Å²) in [6, 6.07) is -0.514. The Morgan fingerprint density at radius 2 is 2.17 bits per heavy atom. The molecule has 1 aliphatic rings. The third-order valence-electron chi connectivity index (χ3n) is 2.93. The van der Waals surface area contributed by atoms with Gasteiger partial charge in [0.15, 0.2) is 9.84 Å². The molecule has 100 valence electrons. The van der Waals surface area contributed by atoms with Crippen LogP contribution in [0.2, 0.25) is 0 Å². The van der Waals surface area contributed by atoms with E-state index in [2.05, 4.69) is 5.92 Å². The molecule has 0 radical (unpaired) electrons. The number of amides is 1. The lowest BCUT2D eigenvalue weighted by Crippen LogP contribution is -2.45. The van der Waals surface area contributed by atoms with Crippen molar-refractivity contribution in [3.63, 3.8) is 0 Å². The highest BCUT2D eigenvalue weighted by molar-refractivity contribution is 7.91. The Kier molecular flexibility index (Phi) is 4.35. The SMILES string of the molecule is C#CCN(C(=O)C(C)C(=O)O)C1CCS(=O)(=O)C1. The molecule has 6 nitrogen and oxygen atoms in total. The van der Waals surface area contributed by atoms with Gasteiger partial charge < -0.3 is 10.0 Å². The average molecular weight is 273 g/mol. The molecule has 1 amide bonds. The van der Waals surface area contributed by atoms with E-state index in [0.29, 0.717) is 6.42 Å². The van der Waals surface area contributed by atoms with Gasteiger partial charge in [-0.25, -0.2) is 8.42 Å². The van der Waals surface area contributed by atoms with Gasteiger partial charge >= 0.3 is 5.97 Å². The minimum absolute atomic E-state index is 0.00741. The quantitative estimate of drug-likeness (QED) is 0.543. The van der Waals surface area contributed by atoms with Crippen molar-refractivity contribution >= 4 is 21.7 Å². The number of hydrogen-bond acceptors (Lipinski definition) is 4. The zero-order valence-electron chi connectivity index (χ0n) is 10.00. The Hall–Kier alpha value is -1.55. The molecule has 0 aromatic rings. The van der Waals surface area contributed by atoms with Crippen LogP contribution in [-0.2, 0) is 19.4 Å². The standard InChI is InChI=1S/C11H15NO5S/c1-3-5-12(10(13)8(2)11(14)15)9-4-6-18(16,17)7-9/h1,8-9H,4-7H2,2H3,(H,14,15). The predicted octanol–water partition coefficient (Wildman–Crippen LogP) is -0.644. The third-order valence-corrected chi connectivity index (χ3v) is 4.69. The van der Waals surface area contributed by atoms with Crippen LogP contribution in [0.4, 0.5) is 0 Å². The van der Waals surface area contributed by atoms with Crippen LogP contribution >= 0.6 is 0 Å². The van der Waals surface area contributed by atoms with Crippen LogP contribution in [0.5, 0.6) is 0 Å². The van der Waals surface area contributed by atoms with Gasteiger partial charge in [0.1, 0.15) is 5.92 Å². The molecule has 0 aromatic carbocycles. The second-order valence-electron chi connectivity index (χ2n) is 4.29. The van der Waals surface area contributed by atoms with Gasteiger partial charge in [0.05, 0.1) is 18.1 Å². The van der Waals surface area contributed by atoms with Gasteiger partial charge in [-0.15, -0.1) is 6.42 Å². The number of carboxylic acids is 1. The largest absolute Gasteiger partial charge is 0.481 e. The van der Waals surface area contributed by atoms with Gasteiger partial charge in [0.25, 0.3) is 0 Å². The number of hydrogen-bond donors (Lipinski definition) is 1. The van der Waals surface area contributed by atoms with E-state index in [1.807, 2.05) is 0 Å². The number of terminal acetylenes is 1. The van der Waals surface area contributed by atoms with Crippen LogP contribution in [0.25, 0.3) is 0 Å². The first-order valence-corrected chi connectivity index (χ1v) is 7.28. The number of aliphatic carboxylic acids is 1. The summed E-state index contributed by atoms with van der Waals surface area (Å²) in [6.45, 7) is 1.19. The smallest absolute Gasteiger partial charge is 0.315 e. The number of sulfone groups is 1. The monoisotopic (exact) mass is 273 g/mol. The molecule has 18 heavy (non-hydrogen) atoms. The Labute approximate surface area is 106 Å². The first-order chi connectivity index (χ1) is 8.28. The van der Waals surface area contributed by atoms with Gasteiger partial charge in [-0.05, 0) is 13.3 Å². The summed E-state index contributed by atoms with van der Waals surface area (Å²) < 4.78 is 22.7. The fourth-order valence-corrected chi connectivity index (χ4v) is 3.59. The highest BCUT2D eigenvalue weighted by Crippen LogP contribution is 2.19. The van der Waals surface area contributed by atoms with Gasteiger partial charge in [-0.3, -0.25) is 9.59 Å². The van der Waals surface area contributed by atoms with Crippen LogP contribution < -0.4 is 0 Å². The van der Waals surface area contributed by atoms with Crippen molar-refractivity contribution in [3.05, 3.63) is 0 Å². The van der Waals surface area contributed by atoms with E-state index in [4.69, 9.17) is 11.5 Å². The van der Waals surface area contributed by atoms with Crippen molar-refractivity contribution in [1.29, 1.82) is 0 Å². The maximum atomic E-state index is 11.9. The van der Waals surface area contributed by atoms with Crippen LogP contribution in [-0.4, -0.2) is 54.4 Å². The summed E-state index contributed by atoms with van der Waals surface area (Å²) in [5.74, 6) is -0.979. The lowest BCUT2D eigenvalue weighted by molar-refractivity contribution is -0.150. The van der Waals surface area contributed by atoms with E-state index in [-0.39, 0.29) is 18.1 Å². The van der Waals surface area contributed by atoms with E-state index >= 15 is 0 Å². The van der Waals surface area contributed by atoms with Gasteiger partial charge in [0, 0.05) is 6.04 Å². The second kappa shape index (κ2) is 5.40. The number of carboxylic acid groups (broad SMARTS) is 1. The molecule has 0 aromatic heterocycles. The minimum Gasteiger partial charge on any atom is -0.481 e. The van der Waals surface area contributed by atoms with Crippen LogP contribution in [0.15, 0.2) is 0 Å². The fourth-order valence-electron chi connectivity index (χ4n) is 1.86. The Morgan fingerprint density at radius 3 is 2.56 bits per heavy atom. The molecular weight excluding hydrogens is 258 g/mol. The molecule has 1 N–H and O–H groups in total. The highest BCUT2D eigenvalue weighted by Gasteiger charge is 2.37. The summed E-state index contributed by atoms with van der Waals surface area (Å²) in [6.07, 6.45) is 5.45. The normalized spacial score (nSPS) is 23.0. The van der Waals surface area contributed by atoms with E-state index < -0.39 is 33.7 Å². The molecule has 1 fully saturated rings. The van der Waals surface area contributed by atoms with Crippen LogP contribution in [0.1, 0.15) is 13.3 Å². The Balaban J connectivity index is 2.88. The molecule has 1 aliphatic heterocycles. The molecular formula is C11H15NO5S. The molecule has 1 saturated heterocycles. The third kappa shape index (κ3) is 3.23. The summed E-state index contributed by atoms with van der Waals surface area (Å²) in [5, 5.41) is 8.80. The average Bonchev–Trinajstić information content (AvgIpc) is 2.64. The molecule has 1 heterocycles. The van der Waals surface area contributed by atoms with Crippen molar-refractivity contribution in [3.8, 4) is 12.3 Å². The summed E-state index contributed by atoms with van der Waals surface area (Å²) in [7, 11) is -3.15. The topological polar surface area (TPSA) is 91.8 Å². The fraction of sp³-hybridized carbons (Fsp3) is 0.636. The van der Waals surface area contributed by atoms with Crippen LogP contribution in [0.3, 0.4) is 0 Å². The summed E-state index contributed by atoms with van der Waals surface area (Å²) in [4.78, 5) is 23.9. The lowest BCUT2D eigenvalue weighted by atomic mass is 10.1. The zero-order valence-corrected chi connectivity index (χ0v) is 10.8. The van der Waals surface area contributed by atoms with Crippen LogP contribution in [0, 0.1) is 18.3 Å². The van der Waals surface area contributed by atoms with Crippen molar-refractivity contribution < 1.29 is 23.1 Å². The molecule has 0 bridgehead atoms. The maximum Gasteiger partial charge on any atom is 0.315 e. The minimum atomic E-state index is -3.15. The molecule has 1 rings (SSSR count). The van der Waals surface area contributed by atoms with Gasteiger partial charge in [-0.1, -0.05) is 5.92 Å². The Bertz CT molecular complexity index is 490. The maximum absolute atomic E-state index is 11.9. The van der Waals surface area contributed by atoms with Crippen molar-refractivity contribution in [2.75, 3.05) is 18.1 Å². The first-order valence-electron chi connectivity index (χ1n) is 5.45. The summed E-state index contributed by atoms with van der Waals surface area (Å²) in [5.41, 5.74) is 0. The number of rotatable bonds is 4. The molecule has 0 aliphatic carbocycles. The number of nitrogens with zero attached hydrogens (tertiary/aromatic N) is 1.